The third kappa shape index (κ3) is 7.78. The molecule has 2 N–H and O–H groups in total. The molecular weight excluding hydrogens is 426 g/mol. The van der Waals surface area contributed by atoms with E-state index in [1.807, 2.05) is 60.7 Å². The number of hydrogen-bond donors (Lipinski definition) is 1. The maximum Gasteiger partial charge on any atom is 0.551 e. The van der Waals surface area contributed by atoms with Crippen molar-refractivity contribution in [2.75, 3.05) is 0 Å². The van der Waals surface area contributed by atoms with Gasteiger partial charge in [-0.1, -0.05) is 66.7 Å². The van der Waals surface area contributed by atoms with Gasteiger partial charge in [0.25, 0.3) is 0 Å². The number of carbonyl (C=O) groups is 1. The summed E-state index contributed by atoms with van der Waals surface area (Å²) in [5, 5.41) is 8.62. The van der Waals surface area contributed by atoms with Crippen LogP contribution in [-0.4, -0.2) is 11.9 Å². The van der Waals surface area contributed by atoms with Crippen molar-refractivity contribution in [3.63, 3.8) is 0 Å². The molecule has 34 heavy (non-hydrogen) atoms. The number of benzene rings is 3. The van der Waals surface area contributed by atoms with Gasteiger partial charge < -0.3 is 15.2 Å². The van der Waals surface area contributed by atoms with Crippen LogP contribution in [0.3, 0.4) is 0 Å². The van der Waals surface area contributed by atoms with Crippen molar-refractivity contribution < 1.29 is 14.3 Å². The summed E-state index contributed by atoms with van der Waals surface area (Å²) >= 11 is 0. The molecule has 0 saturated carbocycles. The Bertz CT molecular complexity index is 1160. The molecule has 0 saturated heterocycles. The second kappa shape index (κ2) is 13.4. The number of carbonyl (C=O) groups excluding carboxylic acids is 1. The fourth-order valence-electron chi connectivity index (χ4n) is 3.25. The molecule has 3 aromatic carbocycles. The first kappa shape index (κ1) is 24.5. The van der Waals surface area contributed by atoms with Gasteiger partial charge >= 0.3 is 12.0 Å². The van der Waals surface area contributed by atoms with E-state index >= 15 is 0 Å². The third-order valence-electron chi connectivity index (χ3n) is 5.06. The maximum atomic E-state index is 12.9. The van der Waals surface area contributed by atoms with E-state index in [1.54, 1.807) is 18.2 Å². The molecule has 1 atom stereocenters. The van der Waals surface area contributed by atoms with Crippen LogP contribution >= 0.6 is 0 Å². The minimum absolute atomic E-state index is 0.276. The molecule has 6 nitrogen and oxygen atoms in total. The fraction of sp³-hybridized carbons (Fsp3) is 0.250. The number of nitrogens with two attached hydrogens (primary N) is 1. The van der Waals surface area contributed by atoms with Gasteiger partial charge in [0.05, 0.1) is 6.07 Å². The maximum absolute atomic E-state index is 12.9. The Hall–Kier alpha value is -4.13. The second-order valence-corrected chi connectivity index (χ2v) is 7.74. The molecule has 6 heteroatoms. The first-order chi connectivity index (χ1) is 16.7. The molecule has 0 fully saturated rings. The minimum Gasteiger partial charge on any atom is -0.485 e. The molecule has 3 aromatic rings. The Balaban J connectivity index is 1.78. The van der Waals surface area contributed by atoms with Crippen molar-refractivity contribution in [3.05, 3.63) is 100 Å². The van der Waals surface area contributed by atoms with E-state index in [4.69, 9.17) is 20.5 Å². The van der Waals surface area contributed by atoms with Crippen LogP contribution in [-0.2, 0) is 13.2 Å². The summed E-state index contributed by atoms with van der Waals surface area (Å²) in [5.74, 6) is 0.294. The molecular formula is C28H28N3O3+. The molecule has 1 amide bonds. The van der Waals surface area contributed by atoms with Crippen LogP contribution in [0, 0.1) is 17.4 Å². The van der Waals surface area contributed by atoms with Gasteiger partial charge in [-0.2, -0.15) is 10.1 Å². The van der Waals surface area contributed by atoms with E-state index in [-0.39, 0.29) is 12.2 Å². The highest BCUT2D eigenvalue weighted by Crippen LogP contribution is 2.33. The van der Waals surface area contributed by atoms with Crippen molar-refractivity contribution >= 4 is 5.91 Å². The Morgan fingerprint density at radius 2 is 1.53 bits per heavy atom. The molecule has 0 heterocycles. The number of para-hydroxylation sites is 1. The van der Waals surface area contributed by atoms with Gasteiger partial charge in [0.1, 0.15) is 19.3 Å². The Labute approximate surface area is 200 Å². The lowest BCUT2D eigenvalue weighted by Gasteiger charge is -2.14. The first-order valence-electron chi connectivity index (χ1n) is 11.3. The SMILES string of the molecule is N#CCCCCC(N)C#[N+]C(=O)c1cccc(OCc2ccccc2)c1OCc1ccccc1. The lowest BCUT2D eigenvalue weighted by atomic mass is 10.1. The molecule has 0 spiro atoms. The van der Waals surface area contributed by atoms with E-state index in [0.29, 0.717) is 30.9 Å². The molecule has 0 aliphatic rings. The van der Waals surface area contributed by atoms with Crippen molar-refractivity contribution in [1.29, 1.82) is 5.26 Å². The molecule has 0 aliphatic heterocycles. The molecule has 172 valence electrons. The van der Waals surface area contributed by atoms with Gasteiger partial charge in [-0.25, -0.2) is 0 Å². The van der Waals surface area contributed by atoms with E-state index in [1.165, 1.54) is 0 Å². The average Bonchev–Trinajstić information content (AvgIpc) is 2.88. The normalized spacial score (nSPS) is 10.9. The number of nitrogens with zero attached hydrogens (tertiary/aromatic N) is 2. The van der Waals surface area contributed by atoms with Gasteiger partial charge in [0.15, 0.2) is 17.1 Å². The molecule has 0 radical (unpaired) electrons. The average molecular weight is 455 g/mol. The number of nitriles is 1. The predicted molar refractivity (Wildman–Crippen MR) is 132 cm³/mol. The summed E-state index contributed by atoms with van der Waals surface area (Å²) in [5.41, 5.74) is 8.25. The number of unbranched alkanes of at least 4 members (excludes halogenated alkanes) is 2. The van der Waals surface area contributed by atoms with Crippen LogP contribution in [0.2, 0.25) is 0 Å². The van der Waals surface area contributed by atoms with E-state index in [2.05, 4.69) is 17.0 Å². The number of rotatable bonds is 11. The van der Waals surface area contributed by atoms with Crippen molar-refractivity contribution in [3.8, 4) is 23.6 Å². The predicted octanol–water partition coefficient (Wildman–Crippen LogP) is 5.73. The zero-order valence-corrected chi connectivity index (χ0v) is 19.0. The van der Waals surface area contributed by atoms with E-state index in [0.717, 1.165) is 24.0 Å². The molecule has 0 bridgehead atoms. The molecule has 0 aromatic heterocycles. The number of ether oxygens (including phenoxy) is 2. The first-order valence-corrected chi connectivity index (χ1v) is 11.3. The number of hydrogen-bond acceptors (Lipinski definition) is 5. The zero-order valence-electron chi connectivity index (χ0n) is 19.0. The summed E-state index contributed by atoms with van der Waals surface area (Å²) in [6.45, 7) is 0.613. The summed E-state index contributed by atoms with van der Waals surface area (Å²) in [4.78, 5) is 16.9. The highest BCUT2D eigenvalue weighted by Gasteiger charge is 2.25. The van der Waals surface area contributed by atoms with Gasteiger partial charge in [-0.05, 0) is 42.5 Å². The van der Waals surface area contributed by atoms with Gasteiger partial charge in [-0.3, -0.25) is 0 Å². The Kier molecular flexibility index (Phi) is 9.68. The van der Waals surface area contributed by atoms with Gasteiger partial charge in [0, 0.05) is 11.3 Å². The van der Waals surface area contributed by atoms with Crippen molar-refractivity contribution in [2.45, 2.75) is 44.9 Å². The van der Waals surface area contributed by atoms with Crippen molar-refractivity contribution in [1.82, 2.24) is 0 Å². The summed E-state index contributed by atoms with van der Waals surface area (Å²) in [6.07, 6.45) is 2.63. The summed E-state index contributed by atoms with van der Waals surface area (Å²) < 4.78 is 12.1. The van der Waals surface area contributed by atoms with Crippen LogP contribution in [0.15, 0.2) is 78.9 Å². The smallest absolute Gasteiger partial charge is 0.485 e. The van der Waals surface area contributed by atoms with Crippen LogP contribution in [0.25, 0.3) is 4.85 Å². The number of amides is 1. The summed E-state index contributed by atoms with van der Waals surface area (Å²) in [7, 11) is 0. The largest absolute Gasteiger partial charge is 0.551 e. The molecule has 1 unspecified atom stereocenters. The van der Waals surface area contributed by atoms with Gasteiger partial charge in [-0.15, -0.1) is 0 Å². The zero-order chi connectivity index (χ0) is 24.0. The summed E-state index contributed by atoms with van der Waals surface area (Å²) in [6, 6.07) is 29.0. The minimum atomic E-state index is -0.499. The highest BCUT2D eigenvalue weighted by atomic mass is 16.5. The quantitative estimate of drug-likeness (QED) is 0.374. The monoisotopic (exact) mass is 454 g/mol. The Morgan fingerprint density at radius 1 is 0.882 bits per heavy atom. The third-order valence-corrected chi connectivity index (χ3v) is 5.06. The Morgan fingerprint density at radius 3 is 2.18 bits per heavy atom. The lowest BCUT2D eigenvalue weighted by molar-refractivity contribution is 0.103. The van der Waals surface area contributed by atoms with Crippen LogP contribution in [0.5, 0.6) is 11.5 Å². The fourth-order valence-corrected chi connectivity index (χ4v) is 3.25. The second-order valence-electron chi connectivity index (χ2n) is 7.74. The van der Waals surface area contributed by atoms with Crippen LogP contribution < -0.4 is 15.2 Å². The van der Waals surface area contributed by atoms with E-state index < -0.39 is 11.9 Å². The topological polar surface area (TPSA) is 89.7 Å². The lowest BCUT2D eigenvalue weighted by Crippen LogP contribution is -2.17. The van der Waals surface area contributed by atoms with Crippen LogP contribution in [0.1, 0.15) is 47.2 Å². The van der Waals surface area contributed by atoms with Gasteiger partial charge in [0.2, 0.25) is 0 Å². The standard InChI is InChI=1S/C28H28N3O3/c29-18-9-3-8-15-24(30)19-31-28(32)25-16-10-17-26(33-20-22-11-4-1-5-12-22)27(25)34-21-23-13-6-2-7-14-23/h1-2,4-7,10-14,16-17,24H,3,8-9,15,20-21,30H2/q+1. The molecule has 0 aliphatic carbocycles. The highest BCUT2D eigenvalue weighted by molar-refractivity contribution is 6.05. The van der Waals surface area contributed by atoms with Crippen LogP contribution in [0.4, 0.5) is 0 Å². The van der Waals surface area contributed by atoms with Crippen molar-refractivity contribution in [2.24, 2.45) is 5.73 Å². The van der Waals surface area contributed by atoms with E-state index in [9.17, 15) is 4.79 Å². The molecule has 3 rings (SSSR count).